The molecule has 17 heavy (non-hydrogen) atoms. The Kier molecular flexibility index (Phi) is 8.25. The minimum atomic E-state index is 0.292. The van der Waals surface area contributed by atoms with E-state index in [0.717, 1.165) is 31.4 Å². The van der Waals surface area contributed by atoms with E-state index < -0.39 is 0 Å². The number of aliphatic hydroxyl groups is 1. The molecule has 0 aliphatic heterocycles. The van der Waals surface area contributed by atoms with Gasteiger partial charge in [-0.25, -0.2) is 0 Å². The van der Waals surface area contributed by atoms with Crippen LogP contribution in [-0.2, 0) is 0 Å². The van der Waals surface area contributed by atoms with Crippen LogP contribution in [0.5, 0.6) is 0 Å². The maximum atomic E-state index is 9.17. The molecule has 0 heterocycles. The fourth-order valence-electron chi connectivity index (χ4n) is 2.77. The van der Waals surface area contributed by atoms with Crippen molar-refractivity contribution in [3.05, 3.63) is 0 Å². The van der Waals surface area contributed by atoms with Crippen LogP contribution in [0.2, 0.25) is 0 Å². The lowest BCUT2D eigenvalue weighted by Gasteiger charge is -2.34. The lowest BCUT2D eigenvalue weighted by Crippen LogP contribution is -2.39. The third kappa shape index (κ3) is 6.08. The van der Waals surface area contributed by atoms with Crippen molar-refractivity contribution in [3.63, 3.8) is 0 Å². The number of hydrogen-bond acceptors (Lipinski definition) is 2. The first-order valence-electron chi connectivity index (χ1n) is 7.18. The van der Waals surface area contributed by atoms with Crippen molar-refractivity contribution >= 4 is 11.6 Å². The molecule has 0 aromatic heterocycles. The molecule has 0 amide bonds. The molecule has 0 spiro atoms. The maximum absolute atomic E-state index is 9.17. The Morgan fingerprint density at radius 3 is 2.47 bits per heavy atom. The first-order chi connectivity index (χ1) is 8.27. The molecule has 1 rings (SSSR count). The second kappa shape index (κ2) is 9.18. The van der Waals surface area contributed by atoms with Crippen LogP contribution in [0.3, 0.4) is 0 Å². The van der Waals surface area contributed by atoms with E-state index in [1.54, 1.807) is 0 Å². The largest absolute Gasteiger partial charge is 0.395 e. The van der Waals surface area contributed by atoms with Crippen LogP contribution >= 0.6 is 11.6 Å². The second-order valence-electron chi connectivity index (χ2n) is 5.42. The third-order valence-electron chi connectivity index (χ3n) is 3.99. The Bertz CT molecular complexity index is 183. The van der Waals surface area contributed by atoms with Crippen LogP contribution < -0.4 is 0 Å². The zero-order valence-electron chi connectivity index (χ0n) is 11.2. The Balaban J connectivity index is 2.30. The third-order valence-corrected chi connectivity index (χ3v) is 4.21. The molecule has 1 unspecified atom stereocenters. The van der Waals surface area contributed by atoms with E-state index in [1.165, 1.54) is 38.5 Å². The molecular weight excluding hydrogens is 234 g/mol. The van der Waals surface area contributed by atoms with Gasteiger partial charge in [0, 0.05) is 18.5 Å². The van der Waals surface area contributed by atoms with E-state index in [0.29, 0.717) is 12.5 Å². The van der Waals surface area contributed by atoms with Gasteiger partial charge < -0.3 is 5.11 Å². The zero-order chi connectivity index (χ0) is 12.5. The predicted octanol–water partition coefficient (Wildman–Crippen LogP) is 3.27. The van der Waals surface area contributed by atoms with Gasteiger partial charge in [0.1, 0.15) is 0 Å². The molecule has 0 saturated heterocycles. The van der Waals surface area contributed by atoms with Crippen molar-refractivity contribution < 1.29 is 5.11 Å². The number of hydrogen-bond donors (Lipinski definition) is 1. The lowest BCUT2D eigenvalue weighted by atomic mass is 9.93. The van der Waals surface area contributed by atoms with Crippen molar-refractivity contribution in [1.29, 1.82) is 0 Å². The summed E-state index contributed by atoms with van der Waals surface area (Å²) in [4.78, 5) is 2.50. The molecule has 0 radical (unpaired) electrons. The Hall–Kier alpha value is 0.210. The highest BCUT2D eigenvalue weighted by Gasteiger charge is 2.20. The molecule has 0 bridgehead atoms. The molecule has 0 aromatic rings. The van der Waals surface area contributed by atoms with Gasteiger partial charge in [-0.2, -0.15) is 0 Å². The summed E-state index contributed by atoms with van der Waals surface area (Å²) < 4.78 is 0. The quantitative estimate of drug-likeness (QED) is 0.678. The summed E-state index contributed by atoms with van der Waals surface area (Å²) in [6.45, 7) is 4.54. The standard InChI is InChI=1S/C14H28ClNO/c1-13(7-9-15)8-10-16(11-12-17)14-5-3-2-4-6-14/h13-14,17H,2-12H2,1H3. The summed E-state index contributed by atoms with van der Waals surface area (Å²) in [6.07, 6.45) is 9.09. The summed E-state index contributed by atoms with van der Waals surface area (Å²) in [5.41, 5.74) is 0. The average Bonchev–Trinajstić information content (AvgIpc) is 2.36. The molecule has 1 aliphatic rings. The van der Waals surface area contributed by atoms with Crippen LogP contribution in [0.1, 0.15) is 51.9 Å². The van der Waals surface area contributed by atoms with Crippen LogP contribution in [0.4, 0.5) is 0 Å². The smallest absolute Gasteiger partial charge is 0.0558 e. The van der Waals surface area contributed by atoms with Crippen LogP contribution in [-0.4, -0.2) is 41.6 Å². The van der Waals surface area contributed by atoms with Crippen molar-refractivity contribution in [2.45, 2.75) is 57.9 Å². The van der Waals surface area contributed by atoms with E-state index in [-0.39, 0.29) is 0 Å². The number of aliphatic hydroxyl groups excluding tert-OH is 1. The van der Waals surface area contributed by atoms with E-state index >= 15 is 0 Å². The normalized spacial score (nSPS) is 19.8. The lowest BCUT2D eigenvalue weighted by molar-refractivity contribution is 0.117. The first kappa shape index (κ1) is 15.3. The number of rotatable bonds is 8. The van der Waals surface area contributed by atoms with Crippen LogP contribution in [0, 0.1) is 5.92 Å². The van der Waals surface area contributed by atoms with Gasteiger partial charge in [0.05, 0.1) is 6.61 Å². The molecule has 102 valence electrons. The summed E-state index contributed by atoms with van der Waals surface area (Å²) in [7, 11) is 0. The first-order valence-corrected chi connectivity index (χ1v) is 7.72. The topological polar surface area (TPSA) is 23.5 Å². The van der Waals surface area contributed by atoms with Gasteiger partial charge in [-0.15, -0.1) is 11.6 Å². The average molecular weight is 262 g/mol. The molecular formula is C14H28ClNO. The van der Waals surface area contributed by atoms with Crippen molar-refractivity contribution in [2.75, 3.05) is 25.6 Å². The fourth-order valence-corrected chi connectivity index (χ4v) is 3.14. The minimum absolute atomic E-state index is 0.292. The van der Waals surface area contributed by atoms with Gasteiger partial charge >= 0.3 is 0 Å². The Morgan fingerprint density at radius 2 is 1.88 bits per heavy atom. The summed E-state index contributed by atoms with van der Waals surface area (Å²) in [5, 5.41) is 9.17. The Labute approximate surface area is 111 Å². The fraction of sp³-hybridized carbons (Fsp3) is 1.00. The van der Waals surface area contributed by atoms with E-state index in [2.05, 4.69) is 11.8 Å². The predicted molar refractivity (Wildman–Crippen MR) is 74.6 cm³/mol. The molecule has 2 nitrogen and oxygen atoms in total. The van der Waals surface area contributed by atoms with E-state index in [4.69, 9.17) is 11.6 Å². The second-order valence-corrected chi connectivity index (χ2v) is 5.80. The van der Waals surface area contributed by atoms with Gasteiger partial charge in [-0.05, 0) is 38.1 Å². The summed E-state index contributed by atoms with van der Waals surface area (Å²) in [5.74, 6) is 1.47. The van der Waals surface area contributed by atoms with Gasteiger partial charge in [0.25, 0.3) is 0 Å². The Morgan fingerprint density at radius 1 is 1.18 bits per heavy atom. The number of halogens is 1. The molecule has 1 saturated carbocycles. The van der Waals surface area contributed by atoms with Gasteiger partial charge in [-0.3, -0.25) is 4.90 Å². The van der Waals surface area contributed by atoms with Gasteiger partial charge in [0.2, 0.25) is 0 Å². The zero-order valence-corrected chi connectivity index (χ0v) is 12.0. The van der Waals surface area contributed by atoms with Crippen molar-refractivity contribution in [3.8, 4) is 0 Å². The molecule has 0 aromatic carbocycles. The number of alkyl halides is 1. The molecule has 1 fully saturated rings. The SMILES string of the molecule is CC(CCCl)CCN(CCO)C1CCCCC1. The van der Waals surface area contributed by atoms with Gasteiger partial charge in [-0.1, -0.05) is 26.2 Å². The van der Waals surface area contributed by atoms with Crippen molar-refractivity contribution in [2.24, 2.45) is 5.92 Å². The van der Waals surface area contributed by atoms with Crippen LogP contribution in [0.25, 0.3) is 0 Å². The highest BCUT2D eigenvalue weighted by Crippen LogP contribution is 2.23. The highest BCUT2D eigenvalue weighted by molar-refractivity contribution is 6.17. The molecule has 1 N–H and O–H groups in total. The molecule has 1 atom stereocenters. The summed E-state index contributed by atoms with van der Waals surface area (Å²) >= 11 is 5.77. The van der Waals surface area contributed by atoms with Crippen LogP contribution in [0.15, 0.2) is 0 Å². The number of nitrogens with zero attached hydrogens (tertiary/aromatic N) is 1. The summed E-state index contributed by atoms with van der Waals surface area (Å²) in [6, 6.07) is 0.721. The molecule has 1 aliphatic carbocycles. The highest BCUT2D eigenvalue weighted by atomic mass is 35.5. The van der Waals surface area contributed by atoms with E-state index in [1.807, 2.05) is 0 Å². The molecule has 3 heteroatoms. The minimum Gasteiger partial charge on any atom is -0.395 e. The monoisotopic (exact) mass is 261 g/mol. The van der Waals surface area contributed by atoms with Crippen molar-refractivity contribution in [1.82, 2.24) is 4.90 Å². The van der Waals surface area contributed by atoms with E-state index in [9.17, 15) is 5.11 Å². The van der Waals surface area contributed by atoms with Gasteiger partial charge in [0.15, 0.2) is 0 Å². The maximum Gasteiger partial charge on any atom is 0.0558 e.